The van der Waals surface area contributed by atoms with Gasteiger partial charge in [0.1, 0.15) is 5.69 Å². The molecule has 1 aromatic rings. The van der Waals surface area contributed by atoms with Gasteiger partial charge in [0.15, 0.2) is 23.3 Å². The minimum Gasteiger partial charge on any atom is -0.365 e. The normalized spacial score (nSPS) is 20.9. The van der Waals surface area contributed by atoms with Gasteiger partial charge in [0.25, 0.3) is 0 Å². The number of hydrogen-bond donors (Lipinski definition) is 1. The van der Waals surface area contributed by atoms with Gasteiger partial charge in [-0.1, -0.05) is 0 Å². The summed E-state index contributed by atoms with van der Waals surface area (Å²) in [6, 6.07) is 0.437. The van der Waals surface area contributed by atoms with Gasteiger partial charge in [0.05, 0.1) is 0 Å². The molecule has 1 atom stereocenters. The summed E-state index contributed by atoms with van der Waals surface area (Å²) >= 11 is 0. The highest BCUT2D eigenvalue weighted by atomic mass is 19.2. The van der Waals surface area contributed by atoms with Crippen LogP contribution in [-0.4, -0.2) is 25.7 Å². The van der Waals surface area contributed by atoms with Crippen molar-refractivity contribution in [1.29, 1.82) is 0 Å². The molecule has 1 aliphatic heterocycles. The zero-order chi connectivity index (χ0) is 13.3. The Morgan fingerprint density at radius 1 is 1.11 bits per heavy atom. The highest BCUT2D eigenvalue weighted by molar-refractivity contribution is 5.50. The van der Waals surface area contributed by atoms with E-state index < -0.39 is 29.0 Å². The quantitative estimate of drug-likeness (QED) is 0.617. The number of anilines is 1. The van der Waals surface area contributed by atoms with Crippen molar-refractivity contribution in [3.8, 4) is 0 Å². The molecule has 2 nitrogen and oxygen atoms in total. The molecule has 0 bridgehead atoms. The molecular formula is C12H14F4N2. The second-order valence-electron chi connectivity index (χ2n) is 4.45. The van der Waals surface area contributed by atoms with E-state index in [1.54, 1.807) is 0 Å². The first-order valence-corrected chi connectivity index (χ1v) is 5.82. The fourth-order valence-electron chi connectivity index (χ4n) is 2.07. The average molecular weight is 262 g/mol. The highest BCUT2D eigenvalue weighted by Gasteiger charge is 2.25. The van der Waals surface area contributed by atoms with E-state index in [-0.39, 0.29) is 12.1 Å². The lowest BCUT2D eigenvalue weighted by Crippen LogP contribution is -2.30. The van der Waals surface area contributed by atoms with E-state index in [0.717, 1.165) is 0 Å². The molecule has 0 amide bonds. The molecular weight excluding hydrogens is 248 g/mol. The Kier molecular flexibility index (Phi) is 3.75. The van der Waals surface area contributed by atoms with Gasteiger partial charge >= 0.3 is 0 Å². The molecule has 0 saturated carbocycles. The van der Waals surface area contributed by atoms with Crippen LogP contribution in [0.25, 0.3) is 0 Å². The Bertz CT molecular complexity index is 424. The maximum atomic E-state index is 13.6. The average Bonchev–Trinajstić information content (AvgIpc) is 2.53. The van der Waals surface area contributed by atoms with Gasteiger partial charge in [-0.05, 0) is 13.3 Å². The molecule has 1 aromatic carbocycles. The van der Waals surface area contributed by atoms with Crippen LogP contribution in [0, 0.1) is 23.3 Å². The van der Waals surface area contributed by atoms with Gasteiger partial charge in [0, 0.05) is 31.7 Å². The highest BCUT2D eigenvalue weighted by Crippen LogP contribution is 2.28. The summed E-state index contributed by atoms with van der Waals surface area (Å²) in [6.07, 6.45) is 0.650. The van der Waals surface area contributed by atoms with Crippen molar-refractivity contribution in [2.24, 2.45) is 0 Å². The second kappa shape index (κ2) is 5.14. The Balaban J connectivity index is 2.37. The van der Waals surface area contributed by atoms with Crippen molar-refractivity contribution in [3.05, 3.63) is 29.3 Å². The fraction of sp³-hybridized carbons (Fsp3) is 0.500. The van der Waals surface area contributed by atoms with E-state index in [4.69, 9.17) is 0 Å². The van der Waals surface area contributed by atoms with Gasteiger partial charge in [-0.25, -0.2) is 17.6 Å². The van der Waals surface area contributed by atoms with Crippen molar-refractivity contribution in [2.75, 3.05) is 24.5 Å². The Labute approximate surface area is 103 Å². The monoisotopic (exact) mass is 262 g/mol. The number of nitrogens with zero attached hydrogens (tertiary/aromatic N) is 1. The predicted octanol–water partition coefficient (Wildman–Crippen LogP) is 2.43. The zero-order valence-electron chi connectivity index (χ0n) is 9.94. The van der Waals surface area contributed by atoms with Crippen LogP contribution in [0.5, 0.6) is 0 Å². The second-order valence-corrected chi connectivity index (χ2v) is 4.45. The summed E-state index contributed by atoms with van der Waals surface area (Å²) in [7, 11) is 0. The van der Waals surface area contributed by atoms with E-state index in [0.29, 0.717) is 26.1 Å². The molecule has 1 saturated heterocycles. The third-order valence-electron chi connectivity index (χ3n) is 3.11. The molecule has 0 aliphatic carbocycles. The molecule has 0 radical (unpaired) electrons. The van der Waals surface area contributed by atoms with Gasteiger partial charge in [-0.3, -0.25) is 0 Å². The molecule has 1 fully saturated rings. The molecule has 1 aliphatic rings. The van der Waals surface area contributed by atoms with Crippen molar-refractivity contribution in [1.82, 2.24) is 5.32 Å². The number of nitrogens with one attached hydrogen (secondary N) is 1. The molecule has 18 heavy (non-hydrogen) atoms. The molecule has 2 rings (SSSR count). The number of benzene rings is 1. The van der Waals surface area contributed by atoms with Crippen LogP contribution in [0.15, 0.2) is 6.07 Å². The predicted molar refractivity (Wildman–Crippen MR) is 60.6 cm³/mol. The van der Waals surface area contributed by atoms with E-state index in [1.165, 1.54) is 4.90 Å². The largest absolute Gasteiger partial charge is 0.365 e. The fourth-order valence-corrected chi connectivity index (χ4v) is 2.07. The maximum absolute atomic E-state index is 13.6. The number of rotatable bonds is 1. The van der Waals surface area contributed by atoms with Crippen LogP contribution >= 0.6 is 0 Å². The van der Waals surface area contributed by atoms with Crippen molar-refractivity contribution < 1.29 is 17.6 Å². The molecule has 0 spiro atoms. The maximum Gasteiger partial charge on any atom is 0.185 e. The summed E-state index contributed by atoms with van der Waals surface area (Å²) in [5.74, 6) is -5.39. The molecule has 0 aromatic heterocycles. The van der Waals surface area contributed by atoms with Crippen molar-refractivity contribution in [3.63, 3.8) is 0 Å². The first kappa shape index (κ1) is 13.1. The third-order valence-corrected chi connectivity index (χ3v) is 3.11. The lowest BCUT2D eigenvalue weighted by molar-refractivity contribution is 0.451. The minimum atomic E-state index is -1.37. The van der Waals surface area contributed by atoms with Crippen molar-refractivity contribution >= 4 is 5.69 Å². The molecule has 6 heteroatoms. The zero-order valence-corrected chi connectivity index (χ0v) is 9.94. The van der Waals surface area contributed by atoms with E-state index in [9.17, 15) is 17.6 Å². The van der Waals surface area contributed by atoms with E-state index >= 15 is 0 Å². The van der Waals surface area contributed by atoms with Crippen LogP contribution in [0.3, 0.4) is 0 Å². The van der Waals surface area contributed by atoms with Crippen molar-refractivity contribution in [2.45, 2.75) is 19.4 Å². The summed E-state index contributed by atoms with van der Waals surface area (Å²) in [5, 5.41) is 3.14. The Morgan fingerprint density at radius 3 is 2.33 bits per heavy atom. The lowest BCUT2D eigenvalue weighted by Gasteiger charge is -2.23. The van der Waals surface area contributed by atoms with Gasteiger partial charge in [-0.15, -0.1) is 0 Å². The van der Waals surface area contributed by atoms with Gasteiger partial charge in [0.2, 0.25) is 0 Å². The standard InChI is InChI=1S/C12H14F4N2/c1-7-2-4-18(5-3-17-7)12-10(15)8(13)6-9(14)11(12)16/h6-7,17H,2-5H2,1H3. The first-order valence-electron chi connectivity index (χ1n) is 5.82. The van der Waals surface area contributed by atoms with Gasteiger partial charge in [-0.2, -0.15) is 0 Å². The molecule has 100 valence electrons. The van der Waals surface area contributed by atoms with E-state index in [2.05, 4.69) is 5.32 Å². The molecule has 1 N–H and O–H groups in total. The van der Waals surface area contributed by atoms with Crippen LogP contribution in [0.1, 0.15) is 13.3 Å². The summed E-state index contributed by atoms with van der Waals surface area (Å²) in [4.78, 5) is 1.34. The third kappa shape index (κ3) is 2.43. The molecule has 1 unspecified atom stereocenters. The number of hydrogen-bond acceptors (Lipinski definition) is 2. The topological polar surface area (TPSA) is 15.3 Å². The van der Waals surface area contributed by atoms with Crippen LogP contribution in [-0.2, 0) is 0 Å². The Hall–Kier alpha value is -1.30. The molecule has 1 heterocycles. The van der Waals surface area contributed by atoms with Crippen LogP contribution in [0.2, 0.25) is 0 Å². The van der Waals surface area contributed by atoms with Crippen LogP contribution < -0.4 is 10.2 Å². The number of halogens is 4. The lowest BCUT2D eigenvalue weighted by atomic mass is 10.2. The summed E-state index contributed by atoms with van der Waals surface area (Å²) < 4.78 is 53.5. The minimum absolute atomic E-state index is 0.208. The summed E-state index contributed by atoms with van der Waals surface area (Å²) in [5.41, 5.74) is -0.608. The summed E-state index contributed by atoms with van der Waals surface area (Å²) in [6.45, 7) is 3.12. The van der Waals surface area contributed by atoms with Crippen LogP contribution in [0.4, 0.5) is 23.2 Å². The Morgan fingerprint density at radius 2 is 1.72 bits per heavy atom. The smallest absolute Gasteiger partial charge is 0.185 e. The first-order chi connectivity index (χ1) is 8.50. The van der Waals surface area contributed by atoms with Gasteiger partial charge < -0.3 is 10.2 Å². The van der Waals surface area contributed by atoms with E-state index in [1.807, 2.05) is 6.92 Å². The SMILES string of the molecule is CC1CCN(c2c(F)c(F)cc(F)c2F)CCN1.